The van der Waals surface area contributed by atoms with Crippen LogP contribution in [-0.4, -0.2) is 63.6 Å². The Morgan fingerprint density at radius 3 is 2.55 bits per heavy atom. The van der Waals surface area contributed by atoms with Crippen LogP contribution in [0.1, 0.15) is 30.8 Å². The molecule has 2 heterocycles. The van der Waals surface area contributed by atoms with E-state index in [-0.39, 0.29) is 12.5 Å². The predicted octanol–water partition coefficient (Wildman–Crippen LogP) is 0.938. The molecule has 0 aliphatic carbocycles. The molecule has 1 atom stereocenters. The van der Waals surface area contributed by atoms with Crippen molar-refractivity contribution in [2.45, 2.75) is 26.3 Å². The average Bonchev–Trinajstić information content (AvgIpc) is 2.45. The van der Waals surface area contributed by atoms with Gasteiger partial charge in [-0.25, -0.2) is 0 Å². The van der Waals surface area contributed by atoms with Crippen molar-refractivity contribution in [3.8, 4) is 0 Å². The Bertz CT molecular complexity index is 458. The van der Waals surface area contributed by atoms with Crippen LogP contribution >= 0.6 is 0 Å². The summed E-state index contributed by atoms with van der Waals surface area (Å²) in [7, 11) is 0. The van der Waals surface area contributed by atoms with Crippen LogP contribution in [0, 0.1) is 6.92 Å². The fourth-order valence-corrected chi connectivity index (χ4v) is 2.63. The number of carboxylic acid groups (broad SMARTS) is 1. The van der Waals surface area contributed by atoms with Crippen molar-refractivity contribution in [1.29, 1.82) is 0 Å². The number of aliphatic carboxylic acids is 1. The molecule has 0 radical (unpaired) electrons. The van der Waals surface area contributed by atoms with Gasteiger partial charge < -0.3 is 10.0 Å². The number of piperazine rings is 1. The smallest absolute Gasteiger partial charge is 0.304 e. The number of nitrogens with zero attached hydrogens (tertiary/aromatic N) is 4. The van der Waals surface area contributed by atoms with Gasteiger partial charge in [-0.15, -0.1) is 0 Å². The number of carbonyl (C=O) groups is 1. The minimum Gasteiger partial charge on any atom is -0.481 e. The van der Waals surface area contributed by atoms with Crippen LogP contribution in [0.5, 0.6) is 0 Å². The molecule has 1 saturated heterocycles. The Labute approximate surface area is 119 Å². The highest BCUT2D eigenvalue weighted by Crippen LogP contribution is 2.21. The normalized spacial score (nSPS) is 18.9. The zero-order valence-electron chi connectivity index (χ0n) is 12.1. The Kier molecular flexibility index (Phi) is 5.03. The Morgan fingerprint density at radius 1 is 1.30 bits per heavy atom. The van der Waals surface area contributed by atoms with Crippen LogP contribution in [-0.2, 0) is 4.79 Å². The third-order valence-electron chi connectivity index (χ3n) is 3.91. The standard InChI is InChI=1S/C14H22N4O2/c1-11-14(16-5-4-15-11)12(2)18-9-7-17(8-10-18)6-3-13(19)20/h4-5,12H,3,6-10H2,1-2H3,(H,19,20). The van der Waals surface area contributed by atoms with Crippen LogP contribution in [0.25, 0.3) is 0 Å². The molecule has 0 saturated carbocycles. The molecule has 1 unspecified atom stereocenters. The largest absolute Gasteiger partial charge is 0.481 e. The van der Waals surface area contributed by atoms with Crippen LogP contribution in [0.4, 0.5) is 0 Å². The second-order valence-electron chi connectivity index (χ2n) is 5.22. The lowest BCUT2D eigenvalue weighted by Gasteiger charge is -2.37. The molecular weight excluding hydrogens is 256 g/mol. The van der Waals surface area contributed by atoms with E-state index in [2.05, 4.69) is 26.7 Å². The third-order valence-corrected chi connectivity index (χ3v) is 3.91. The van der Waals surface area contributed by atoms with Crippen molar-refractivity contribution in [1.82, 2.24) is 19.8 Å². The van der Waals surface area contributed by atoms with Gasteiger partial charge in [0.25, 0.3) is 0 Å². The topological polar surface area (TPSA) is 69.6 Å². The molecule has 20 heavy (non-hydrogen) atoms. The van der Waals surface area contributed by atoms with Crippen LogP contribution in [0.15, 0.2) is 12.4 Å². The maximum Gasteiger partial charge on any atom is 0.304 e. The van der Waals surface area contributed by atoms with E-state index in [1.807, 2.05) is 6.92 Å². The highest BCUT2D eigenvalue weighted by molar-refractivity contribution is 5.66. The van der Waals surface area contributed by atoms with Crippen molar-refractivity contribution in [2.24, 2.45) is 0 Å². The Hall–Kier alpha value is -1.53. The van der Waals surface area contributed by atoms with E-state index in [4.69, 9.17) is 5.11 Å². The molecule has 6 nitrogen and oxygen atoms in total. The van der Waals surface area contributed by atoms with Crippen molar-refractivity contribution in [3.63, 3.8) is 0 Å². The van der Waals surface area contributed by atoms with E-state index >= 15 is 0 Å². The number of hydrogen-bond donors (Lipinski definition) is 1. The molecule has 0 amide bonds. The fraction of sp³-hybridized carbons (Fsp3) is 0.643. The molecular formula is C14H22N4O2. The highest BCUT2D eigenvalue weighted by Gasteiger charge is 2.24. The first-order valence-corrected chi connectivity index (χ1v) is 7.03. The lowest BCUT2D eigenvalue weighted by atomic mass is 10.1. The molecule has 110 valence electrons. The van der Waals surface area contributed by atoms with Gasteiger partial charge in [-0.2, -0.15) is 0 Å². The highest BCUT2D eigenvalue weighted by atomic mass is 16.4. The number of rotatable bonds is 5. The first-order valence-electron chi connectivity index (χ1n) is 7.03. The first kappa shape index (κ1) is 14.9. The summed E-state index contributed by atoms with van der Waals surface area (Å²) in [5.74, 6) is -0.726. The predicted molar refractivity (Wildman–Crippen MR) is 75.4 cm³/mol. The summed E-state index contributed by atoms with van der Waals surface area (Å²) in [5.41, 5.74) is 2.01. The van der Waals surface area contributed by atoms with Gasteiger partial charge in [0.05, 0.1) is 23.9 Å². The molecule has 1 aliphatic heterocycles. The molecule has 1 aliphatic rings. The van der Waals surface area contributed by atoms with Crippen molar-refractivity contribution >= 4 is 5.97 Å². The summed E-state index contributed by atoms with van der Waals surface area (Å²) in [6.07, 6.45) is 3.68. The number of aromatic nitrogens is 2. The van der Waals surface area contributed by atoms with Gasteiger partial charge in [-0.05, 0) is 13.8 Å². The van der Waals surface area contributed by atoms with E-state index in [0.29, 0.717) is 6.54 Å². The summed E-state index contributed by atoms with van der Waals surface area (Å²) < 4.78 is 0. The van der Waals surface area contributed by atoms with E-state index in [1.54, 1.807) is 12.4 Å². The van der Waals surface area contributed by atoms with Crippen LogP contribution in [0.3, 0.4) is 0 Å². The van der Waals surface area contributed by atoms with Crippen LogP contribution < -0.4 is 0 Å². The van der Waals surface area contributed by atoms with Gasteiger partial charge in [-0.3, -0.25) is 19.7 Å². The molecule has 1 fully saturated rings. The summed E-state index contributed by atoms with van der Waals surface area (Å²) in [5, 5.41) is 8.71. The van der Waals surface area contributed by atoms with Gasteiger partial charge in [0.1, 0.15) is 0 Å². The van der Waals surface area contributed by atoms with Gasteiger partial charge >= 0.3 is 5.97 Å². The lowest BCUT2D eigenvalue weighted by Crippen LogP contribution is -2.47. The molecule has 0 aromatic carbocycles. The quantitative estimate of drug-likeness (QED) is 0.864. The van der Waals surface area contributed by atoms with Gasteiger partial charge in [0, 0.05) is 45.1 Å². The van der Waals surface area contributed by atoms with Crippen molar-refractivity contribution < 1.29 is 9.90 Å². The molecule has 2 rings (SSSR count). The average molecular weight is 278 g/mol. The van der Waals surface area contributed by atoms with Gasteiger partial charge in [0.15, 0.2) is 0 Å². The molecule has 1 aromatic heterocycles. The molecule has 1 aromatic rings. The summed E-state index contributed by atoms with van der Waals surface area (Å²) >= 11 is 0. The van der Waals surface area contributed by atoms with E-state index in [1.165, 1.54) is 0 Å². The fourth-order valence-electron chi connectivity index (χ4n) is 2.63. The van der Waals surface area contributed by atoms with Crippen molar-refractivity contribution in [3.05, 3.63) is 23.8 Å². The molecule has 6 heteroatoms. The van der Waals surface area contributed by atoms with E-state index < -0.39 is 5.97 Å². The zero-order valence-corrected chi connectivity index (χ0v) is 12.1. The molecule has 0 spiro atoms. The molecule has 1 N–H and O–H groups in total. The van der Waals surface area contributed by atoms with Gasteiger partial charge in [-0.1, -0.05) is 0 Å². The zero-order chi connectivity index (χ0) is 14.5. The lowest BCUT2D eigenvalue weighted by molar-refractivity contribution is -0.137. The van der Waals surface area contributed by atoms with E-state index in [0.717, 1.165) is 37.6 Å². The van der Waals surface area contributed by atoms with Crippen LogP contribution in [0.2, 0.25) is 0 Å². The molecule has 0 bridgehead atoms. The monoisotopic (exact) mass is 278 g/mol. The summed E-state index contributed by atoms with van der Waals surface area (Å²) in [4.78, 5) is 23.9. The second kappa shape index (κ2) is 6.76. The maximum atomic E-state index is 10.6. The second-order valence-corrected chi connectivity index (χ2v) is 5.22. The summed E-state index contributed by atoms with van der Waals surface area (Å²) in [6, 6.07) is 0.255. The Morgan fingerprint density at radius 2 is 1.95 bits per heavy atom. The van der Waals surface area contributed by atoms with Crippen molar-refractivity contribution in [2.75, 3.05) is 32.7 Å². The minimum absolute atomic E-state index is 0.221. The first-order chi connectivity index (χ1) is 9.58. The SMILES string of the molecule is Cc1nccnc1C(C)N1CCN(CCC(=O)O)CC1. The maximum absolute atomic E-state index is 10.6. The Balaban J connectivity index is 1.87. The summed E-state index contributed by atoms with van der Waals surface area (Å²) in [6.45, 7) is 8.50. The van der Waals surface area contributed by atoms with E-state index in [9.17, 15) is 4.79 Å². The minimum atomic E-state index is -0.726. The number of hydrogen-bond acceptors (Lipinski definition) is 5. The third kappa shape index (κ3) is 3.74. The number of carboxylic acids is 1. The van der Waals surface area contributed by atoms with Gasteiger partial charge in [0.2, 0.25) is 0 Å². The number of aryl methyl sites for hydroxylation is 1.